The van der Waals surface area contributed by atoms with Gasteiger partial charge in [-0.2, -0.15) is 0 Å². The number of hydrogen-bond donors (Lipinski definition) is 1. The number of hydrogen-bond acceptors (Lipinski definition) is 4. The van der Waals surface area contributed by atoms with Gasteiger partial charge in [0.2, 0.25) is 0 Å². The molecule has 6 heteroatoms. The van der Waals surface area contributed by atoms with Crippen LogP contribution in [0.4, 0.5) is 5.69 Å². The molecule has 0 aliphatic carbocycles. The van der Waals surface area contributed by atoms with Gasteiger partial charge >= 0.3 is 5.97 Å². The maximum Gasteiger partial charge on any atom is 0.347 e. The summed E-state index contributed by atoms with van der Waals surface area (Å²) in [4.78, 5) is 23.9. The van der Waals surface area contributed by atoms with Crippen LogP contribution in [0.1, 0.15) is 13.3 Å². The molecule has 0 heterocycles. The molecule has 1 N–H and O–H groups in total. The first-order valence-electron chi connectivity index (χ1n) is 7.53. The molecule has 0 saturated heterocycles. The third-order valence-corrected chi connectivity index (χ3v) is 3.48. The van der Waals surface area contributed by atoms with E-state index in [0.717, 1.165) is 0 Å². The van der Waals surface area contributed by atoms with E-state index in [1.54, 1.807) is 43.3 Å². The molecule has 126 valence electrons. The standard InChI is InChI=1S/C18H18ClNO4/c1-2-16(24-13-8-4-3-5-9-13)18(22)23-12-17(21)20-15-11-7-6-10-14(15)19/h3-11,16H,2,12H2,1H3,(H,20,21)/t16-/m0/s1. The number of rotatable bonds is 7. The van der Waals surface area contributed by atoms with Gasteiger partial charge in [-0.25, -0.2) is 4.79 Å². The lowest BCUT2D eigenvalue weighted by molar-refractivity contribution is -0.154. The van der Waals surface area contributed by atoms with Crippen molar-refractivity contribution in [2.45, 2.75) is 19.4 Å². The molecule has 1 amide bonds. The fourth-order valence-corrected chi connectivity index (χ4v) is 2.12. The zero-order valence-corrected chi connectivity index (χ0v) is 14.0. The summed E-state index contributed by atoms with van der Waals surface area (Å²) in [6.45, 7) is 1.40. The van der Waals surface area contributed by atoms with Crippen LogP contribution in [0, 0.1) is 0 Å². The number of benzene rings is 2. The van der Waals surface area contributed by atoms with Crippen molar-refractivity contribution in [3.63, 3.8) is 0 Å². The molecule has 0 radical (unpaired) electrons. The normalized spacial score (nSPS) is 11.4. The molecule has 0 unspecified atom stereocenters. The van der Waals surface area contributed by atoms with Gasteiger partial charge in [0.15, 0.2) is 12.7 Å². The van der Waals surface area contributed by atoms with Gasteiger partial charge in [-0.3, -0.25) is 4.79 Å². The SMILES string of the molecule is CC[C@H](Oc1ccccc1)C(=O)OCC(=O)Nc1ccccc1Cl. The Morgan fingerprint density at radius 2 is 1.75 bits per heavy atom. The summed E-state index contributed by atoms with van der Waals surface area (Å²) >= 11 is 5.95. The molecule has 0 fully saturated rings. The minimum Gasteiger partial charge on any atom is -0.479 e. The first-order valence-corrected chi connectivity index (χ1v) is 7.90. The van der Waals surface area contributed by atoms with Crippen molar-refractivity contribution in [3.8, 4) is 5.75 Å². The smallest absolute Gasteiger partial charge is 0.347 e. The molecule has 0 aliphatic heterocycles. The predicted molar refractivity (Wildman–Crippen MR) is 92.2 cm³/mol. The highest BCUT2D eigenvalue weighted by atomic mass is 35.5. The zero-order valence-electron chi connectivity index (χ0n) is 13.2. The number of para-hydroxylation sites is 2. The largest absolute Gasteiger partial charge is 0.479 e. The Bertz CT molecular complexity index is 690. The van der Waals surface area contributed by atoms with Crippen molar-refractivity contribution >= 4 is 29.2 Å². The lowest BCUT2D eigenvalue weighted by atomic mass is 10.2. The summed E-state index contributed by atoms with van der Waals surface area (Å²) in [6, 6.07) is 15.8. The number of nitrogens with one attached hydrogen (secondary N) is 1. The van der Waals surface area contributed by atoms with Crippen LogP contribution < -0.4 is 10.1 Å². The summed E-state index contributed by atoms with van der Waals surface area (Å²) in [7, 11) is 0. The minimum absolute atomic E-state index is 0.404. The van der Waals surface area contributed by atoms with Crippen LogP contribution in [0.25, 0.3) is 0 Å². The van der Waals surface area contributed by atoms with E-state index in [1.165, 1.54) is 0 Å². The van der Waals surface area contributed by atoms with Gasteiger partial charge in [0.1, 0.15) is 5.75 Å². The van der Waals surface area contributed by atoms with Crippen molar-refractivity contribution in [1.29, 1.82) is 0 Å². The van der Waals surface area contributed by atoms with E-state index in [-0.39, 0.29) is 0 Å². The van der Waals surface area contributed by atoms with Crippen molar-refractivity contribution in [3.05, 3.63) is 59.6 Å². The second-order valence-corrected chi connectivity index (χ2v) is 5.37. The van der Waals surface area contributed by atoms with Gasteiger partial charge in [0.25, 0.3) is 5.91 Å². The van der Waals surface area contributed by atoms with Crippen LogP contribution in [0.15, 0.2) is 54.6 Å². The Hall–Kier alpha value is -2.53. The summed E-state index contributed by atoms with van der Waals surface area (Å²) in [6.07, 6.45) is -0.333. The van der Waals surface area contributed by atoms with E-state index >= 15 is 0 Å². The molecule has 0 aliphatic rings. The van der Waals surface area contributed by atoms with Gasteiger partial charge in [0.05, 0.1) is 10.7 Å². The fraction of sp³-hybridized carbons (Fsp3) is 0.222. The minimum atomic E-state index is -0.763. The molecule has 2 aromatic carbocycles. The van der Waals surface area contributed by atoms with Gasteiger partial charge in [-0.15, -0.1) is 0 Å². The molecule has 24 heavy (non-hydrogen) atoms. The molecule has 0 saturated carbocycles. The highest BCUT2D eigenvalue weighted by Gasteiger charge is 2.21. The van der Waals surface area contributed by atoms with E-state index in [0.29, 0.717) is 22.9 Å². The number of halogens is 1. The first kappa shape index (κ1) is 17.8. The molecule has 0 bridgehead atoms. The monoisotopic (exact) mass is 347 g/mol. The highest BCUT2D eigenvalue weighted by molar-refractivity contribution is 6.33. The number of esters is 1. The van der Waals surface area contributed by atoms with E-state index < -0.39 is 24.6 Å². The van der Waals surface area contributed by atoms with Crippen LogP contribution in [-0.2, 0) is 14.3 Å². The maximum atomic E-state index is 12.0. The molecule has 2 aromatic rings. The van der Waals surface area contributed by atoms with Crippen molar-refractivity contribution in [1.82, 2.24) is 0 Å². The fourth-order valence-electron chi connectivity index (χ4n) is 1.94. The molecule has 0 spiro atoms. The van der Waals surface area contributed by atoms with Crippen LogP contribution >= 0.6 is 11.6 Å². The van der Waals surface area contributed by atoms with Crippen molar-refractivity contribution in [2.75, 3.05) is 11.9 Å². The second-order valence-electron chi connectivity index (χ2n) is 4.96. The van der Waals surface area contributed by atoms with E-state index in [2.05, 4.69) is 5.32 Å². The number of anilines is 1. The Labute approximate surface area is 145 Å². The van der Waals surface area contributed by atoms with E-state index in [1.807, 2.05) is 18.2 Å². The molecular formula is C18H18ClNO4. The molecule has 0 aromatic heterocycles. The third kappa shape index (κ3) is 5.28. The van der Waals surface area contributed by atoms with Crippen LogP contribution in [-0.4, -0.2) is 24.6 Å². The molecule has 5 nitrogen and oxygen atoms in total. The van der Waals surface area contributed by atoms with Crippen molar-refractivity contribution < 1.29 is 19.1 Å². The number of ether oxygens (including phenoxy) is 2. The average molecular weight is 348 g/mol. The summed E-state index contributed by atoms with van der Waals surface area (Å²) < 4.78 is 10.6. The summed E-state index contributed by atoms with van der Waals surface area (Å²) in [5.74, 6) is -0.483. The van der Waals surface area contributed by atoms with Crippen LogP contribution in [0.5, 0.6) is 5.75 Å². The summed E-state index contributed by atoms with van der Waals surface area (Å²) in [5, 5.41) is 3.00. The topological polar surface area (TPSA) is 64.6 Å². The zero-order chi connectivity index (χ0) is 17.4. The van der Waals surface area contributed by atoms with E-state index in [9.17, 15) is 9.59 Å². The first-order chi connectivity index (χ1) is 11.6. The average Bonchev–Trinajstić information content (AvgIpc) is 2.60. The maximum absolute atomic E-state index is 12.0. The lowest BCUT2D eigenvalue weighted by Crippen LogP contribution is -2.31. The van der Waals surface area contributed by atoms with Crippen molar-refractivity contribution in [2.24, 2.45) is 0 Å². The summed E-state index contributed by atoms with van der Waals surface area (Å²) in [5.41, 5.74) is 0.466. The Balaban J connectivity index is 1.84. The third-order valence-electron chi connectivity index (χ3n) is 3.15. The van der Waals surface area contributed by atoms with Gasteiger partial charge < -0.3 is 14.8 Å². The number of carbonyl (C=O) groups is 2. The quantitative estimate of drug-likeness (QED) is 0.776. The highest BCUT2D eigenvalue weighted by Crippen LogP contribution is 2.20. The molecular weight excluding hydrogens is 330 g/mol. The van der Waals surface area contributed by atoms with Gasteiger partial charge in [0, 0.05) is 0 Å². The Kier molecular flexibility index (Phi) is 6.63. The molecule has 1 atom stereocenters. The number of carbonyl (C=O) groups excluding carboxylic acids is 2. The lowest BCUT2D eigenvalue weighted by Gasteiger charge is -2.16. The van der Waals surface area contributed by atoms with Gasteiger partial charge in [-0.1, -0.05) is 48.9 Å². The van der Waals surface area contributed by atoms with Gasteiger partial charge in [-0.05, 0) is 30.7 Å². The molecule has 2 rings (SSSR count). The number of amides is 1. The predicted octanol–water partition coefficient (Wildman–Crippen LogP) is 3.68. The second kappa shape index (κ2) is 8.93. The Morgan fingerprint density at radius 3 is 2.42 bits per heavy atom. The van der Waals surface area contributed by atoms with Crippen LogP contribution in [0.2, 0.25) is 5.02 Å². The van der Waals surface area contributed by atoms with E-state index in [4.69, 9.17) is 21.1 Å². The van der Waals surface area contributed by atoms with Crippen LogP contribution in [0.3, 0.4) is 0 Å². The Morgan fingerprint density at radius 1 is 1.08 bits per heavy atom.